The molecule has 0 bridgehead atoms. The molecule has 2 atom stereocenters. The fourth-order valence-electron chi connectivity index (χ4n) is 8.79. The van der Waals surface area contributed by atoms with Crippen LogP contribution in [-0.4, -0.2) is 24.9 Å². The lowest BCUT2D eigenvalue weighted by Crippen LogP contribution is -2.16. The van der Waals surface area contributed by atoms with Crippen LogP contribution in [0, 0.1) is 0 Å². The third-order valence-corrected chi connectivity index (χ3v) is 12.1. The quantitative estimate of drug-likeness (QED) is 0.160. The molecule has 1 aliphatic carbocycles. The van der Waals surface area contributed by atoms with Crippen LogP contribution in [0.3, 0.4) is 0 Å². The molecule has 3 heterocycles. The summed E-state index contributed by atoms with van der Waals surface area (Å²) < 4.78 is 6.40. The average Bonchev–Trinajstić information content (AvgIpc) is 3.76. The lowest BCUT2D eigenvalue weighted by Gasteiger charge is -2.21. The Kier molecular flexibility index (Phi) is 8.85. The van der Waals surface area contributed by atoms with Gasteiger partial charge in [0.05, 0.1) is 16.7 Å². The number of fused-ring (bicyclic) bond motifs is 6. The van der Waals surface area contributed by atoms with Gasteiger partial charge in [-0.2, -0.15) is 0 Å². The highest BCUT2D eigenvalue weighted by Gasteiger charge is 2.38. The van der Waals surface area contributed by atoms with Crippen molar-refractivity contribution in [3.05, 3.63) is 223 Å². The van der Waals surface area contributed by atoms with Crippen LogP contribution in [0.2, 0.25) is 0 Å². The van der Waals surface area contributed by atoms with E-state index in [0.29, 0.717) is 17.5 Å². The lowest BCUT2D eigenvalue weighted by molar-refractivity contribution is 0.218. The molecular weight excluding hydrogens is 771 g/mol. The van der Waals surface area contributed by atoms with Crippen molar-refractivity contribution in [2.75, 3.05) is 0 Å². The number of nitrogens with zero attached hydrogens (tertiary/aromatic N) is 5. The summed E-state index contributed by atoms with van der Waals surface area (Å²) in [6.07, 6.45) is 4.12. The first kappa shape index (κ1) is 36.5. The number of hydrogen-bond acceptors (Lipinski definition) is 6. The van der Waals surface area contributed by atoms with E-state index in [2.05, 4.69) is 164 Å². The summed E-state index contributed by atoms with van der Waals surface area (Å²) in [5, 5.41) is 0. The van der Waals surface area contributed by atoms with E-state index in [1.54, 1.807) is 0 Å². The second-order valence-corrected chi connectivity index (χ2v) is 16.0. The van der Waals surface area contributed by atoms with E-state index in [0.717, 1.165) is 83.8 Å². The largest absolute Gasteiger partial charge is 0.483 e. The van der Waals surface area contributed by atoms with Crippen molar-refractivity contribution in [1.82, 2.24) is 24.9 Å². The van der Waals surface area contributed by atoms with E-state index >= 15 is 0 Å². The average molecular weight is 808 g/mol. The van der Waals surface area contributed by atoms with Crippen molar-refractivity contribution in [3.8, 4) is 84.4 Å². The van der Waals surface area contributed by atoms with E-state index in [4.69, 9.17) is 29.7 Å². The summed E-state index contributed by atoms with van der Waals surface area (Å²) in [4.78, 5) is 25.0. The molecular formula is C57H37N5O. The Morgan fingerprint density at radius 1 is 0.333 bits per heavy atom. The fourth-order valence-corrected chi connectivity index (χ4v) is 8.79. The molecule has 63 heavy (non-hydrogen) atoms. The number of aromatic nitrogens is 5. The van der Waals surface area contributed by atoms with Crippen LogP contribution in [0.5, 0.6) is 5.75 Å². The summed E-state index contributed by atoms with van der Waals surface area (Å²) in [6.45, 7) is 0. The van der Waals surface area contributed by atoms with Crippen LogP contribution >= 0.6 is 0 Å². The Morgan fingerprint density at radius 2 is 0.778 bits per heavy atom. The van der Waals surface area contributed by atoms with Crippen molar-refractivity contribution in [3.63, 3.8) is 0 Å². The zero-order valence-electron chi connectivity index (χ0n) is 34.0. The van der Waals surface area contributed by atoms with E-state index in [9.17, 15) is 0 Å². The zero-order valence-corrected chi connectivity index (χ0v) is 34.0. The van der Waals surface area contributed by atoms with Crippen molar-refractivity contribution in [2.24, 2.45) is 0 Å². The van der Waals surface area contributed by atoms with Crippen molar-refractivity contribution < 1.29 is 4.74 Å². The minimum absolute atomic E-state index is 0.147. The summed E-state index contributed by atoms with van der Waals surface area (Å²) in [5.41, 5.74) is 16.6. The number of rotatable bonds is 7. The standard InChI is InChI=1S/C57H37N5O/c1-3-10-36(11-4-1)37-22-26-42(27-23-37)56-60-55(41-12-5-2-6-13-41)61-57(62-56)43-28-24-39(25-29-43)45-15-9-14-44(34-45)38-18-20-40(21-19-38)46-30-32-49-51(35-46)59-53-50(58-49)33-31-48-47-16-7-8-17-52(47)63-54(48)53/h1-35,48,54H. The minimum Gasteiger partial charge on any atom is -0.483 e. The Bertz CT molecular complexity index is 3350. The Hall–Kier alpha value is -8.35. The van der Waals surface area contributed by atoms with Gasteiger partial charge in [0.2, 0.25) is 0 Å². The molecule has 0 spiro atoms. The van der Waals surface area contributed by atoms with Crippen molar-refractivity contribution in [2.45, 2.75) is 12.0 Å². The predicted octanol–water partition coefficient (Wildman–Crippen LogP) is 13.7. The molecule has 2 unspecified atom stereocenters. The maximum absolute atomic E-state index is 6.40. The molecule has 6 heteroatoms. The summed E-state index contributed by atoms with van der Waals surface area (Å²) in [6, 6.07) is 69.4. The first-order chi connectivity index (χ1) is 31.2. The van der Waals surface area contributed by atoms with Gasteiger partial charge in [0, 0.05) is 28.2 Å². The molecule has 8 aromatic carbocycles. The van der Waals surface area contributed by atoms with Gasteiger partial charge < -0.3 is 4.74 Å². The number of ether oxygens (including phenoxy) is 1. The molecule has 0 saturated carbocycles. The highest BCUT2D eigenvalue weighted by Crippen LogP contribution is 2.49. The topological polar surface area (TPSA) is 73.7 Å². The first-order valence-electron chi connectivity index (χ1n) is 21.2. The van der Waals surface area contributed by atoms with Gasteiger partial charge in [-0.1, -0.05) is 182 Å². The molecule has 0 N–H and O–H groups in total. The summed E-state index contributed by atoms with van der Waals surface area (Å²) in [5.74, 6) is 2.97. The van der Waals surface area contributed by atoms with E-state index in [1.807, 2.05) is 48.5 Å². The monoisotopic (exact) mass is 807 g/mol. The van der Waals surface area contributed by atoms with Gasteiger partial charge in [-0.05, 0) is 74.8 Å². The second kappa shape index (κ2) is 15.3. The van der Waals surface area contributed by atoms with Crippen molar-refractivity contribution in [1.29, 1.82) is 0 Å². The maximum atomic E-state index is 6.40. The van der Waals surface area contributed by atoms with E-state index in [-0.39, 0.29) is 12.0 Å². The molecule has 2 aromatic heterocycles. The van der Waals surface area contributed by atoms with Gasteiger partial charge >= 0.3 is 0 Å². The number of benzene rings is 8. The predicted molar refractivity (Wildman–Crippen MR) is 253 cm³/mol. The second-order valence-electron chi connectivity index (χ2n) is 16.0. The van der Waals surface area contributed by atoms with Crippen LogP contribution in [0.4, 0.5) is 0 Å². The molecule has 6 nitrogen and oxygen atoms in total. The van der Waals surface area contributed by atoms with Crippen LogP contribution < -0.4 is 4.74 Å². The van der Waals surface area contributed by atoms with Crippen molar-refractivity contribution >= 4 is 17.1 Å². The van der Waals surface area contributed by atoms with Gasteiger partial charge in [-0.15, -0.1) is 0 Å². The van der Waals surface area contributed by atoms with Gasteiger partial charge in [0.25, 0.3) is 0 Å². The molecule has 10 aromatic rings. The minimum atomic E-state index is -0.164. The van der Waals surface area contributed by atoms with Gasteiger partial charge in [-0.25, -0.2) is 24.9 Å². The highest BCUT2D eigenvalue weighted by atomic mass is 16.5. The molecule has 296 valence electrons. The summed E-state index contributed by atoms with van der Waals surface area (Å²) in [7, 11) is 0. The molecule has 0 radical (unpaired) electrons. The third-order valence-electron chi connectivity index (χ3n) is 12.1. The molecule has 12 rings (SSSR count). The smallest absolute Gasteiger partial charge is 0.164 e. The van der Waals surface area contributed by atoms with E-state index < -0.39 is 0 Å². The lowest BCUT2D eigenvalue weighted by atomic mass is 9.88. The Balaban J connectivity index is 0.801. The molecule has 0 amide bonds. The molecule has 1 aliphatic heterocycles. The van der Waals surface area contributed by atoms with Crippen LogP contribution in [0.15, 0.2) is 206 Å². The zero-order chi connectivity index (χ0) is 41.7. The Labute approximate surface area is 365 Å². The maximum Gasteiger partial charge on any atom is 0.164 e. The molecule has 2 aliphatic rings. The normalized spacial score (nSPS) is 14.7. The highest BCUT2D eigenvalue weighted by molar-refractivity contribution is 5.84. The SMILES string of the molecule is C1=CC2c3ccccc3OC2c2nc3cc(-c4ccc(-c5cccc(-c6ccc(-c7nc(-c8ccccc8)nc(-c8ccc(-c9ccccc9)cc8)n7)cc6)c5)cc4)ccc3nc21. The van der Waals surface area contributed by atoms with Gasteiger partial charge in [0.15, 0.2) is 23.6 Å². The van der Waals surface area contributed by atoms with E-state index in [1.165, 1.54) is 11.1 Å². The van der Waals surface area contributed by atoms with Crippen LogP contribution in [-0.2, 0) is 0 Å². The van der Waals surface area contributed by atoms with Gasteiger partial charge in [0.1, 0.15) is 11.4 Å². The van der Waals surface area contributed by atoms with Crippen LogP contribution in [0.25, 0.3) is 95.8 Å². The van der Waals surface area contributed by atoms with Gasteiger partial charge in [-0.3, -0.25) is 0 Å². The number of para-hydroxylation sites is 1. The molecule has 0 saturated heterocycles. The van der Waals surface area contributed by atoms with Crippen LogP contribution in [0.1, 0.15) is 29.0 Å². The number of hydrogen-bond donors (Lipinski definition) is 0. The first-order valence-corrected chi connectivity index (χ1v) is 21.2. The molecule has 0 fully saturated rings. The summed E-state index contributed by atoms with van der Waals surface area (Å²) >= 11 is 0. The fraction of sp³-hybridized carbons (Fsp3) is 0.0351. The third kappa shape index (κ3) is 6.84. The Morgan fingerprint density at radius 3 is 1.38 bits per heavy atom.